The zero-order valence-corrected chi connectivity index (χ0v) is 20.2. The van der Waals surface area contributed by atoms with E-state index in [1.165, 1.54) is 19.2 Å². The van der Waals surface area contributed by atoms with Crippen LogP contribution in [-0.2, 0) is 11.3 Å². The fourth-order valence-corrected chi connectivity index (χ4v) is 4.37. The van der Waals surface area contributed by atoms with Gasteiger partial charge in [-0.25, -0.2) is 9.78 Å². The third-order valence-electron chi connectivity index (χ3n) is 6.34. The number of benzene rings is 2. The summed E-state index contributed by atoms with van der Waals surface area (Å²) in [7, 11) is 1.33. The molecule has 11 heteroatoms. The molecule has 5 rings (SSSR count). The van der Waals surface area contributed by atoms with Crippen molar-refractivity contribution in [1.82, 2.24) is 14.9 Å². The minimum absolute atomic E-state index is 0.0511. The number of piperidine rings is 1. The molecule has 190 valence electrons. The van der Waals surface area contributed by atoms with Crippen molar-refractivity contribution in [1.29, 1.82) is 0 Å². The summed E-state index contributed by atoms with van der Waals surface area (Å²) in [5.41, 5.74) is 1.60. The highest BCUT2D eigenvalue weighted by Crippen LogP contribution is 2.29. The molecular formula is C26H26N6O5. The lowest BCUT2D eigenvalue weighted by molar-refractivity contribution is -0.384. The van der Waals surface area contributed by atoms with Crippen molar-refractivity contribution >= 4 is 40.0 Å². The fourth-order valence-electron chi connectivity index (χ4n) is 4.37. The molecule has 0 atom stereocenters. The molecule has 11 nitrogen and oxygen atoms in total. The number of aromatic nitrogens is 2. The summed E-state index contributed by atoms with van der Waals surface area (Å²) in [6.07, 6.45) is 3.52. The highest BCUT2D eigenvalue weighted by molar-refractivity contribution is 5.94. The molecule has 0 amide bonds. The van der Waals surface area contributed by atoms with Gasteiger partial charge in [-0.05, 0) is 55.3 Å². The number of non-ortho nitro benzene ring substituents is 1. The molecule has 0 unspecified atom stereocenters. The number of nitrogens with zero attached hydrogens (tertiary/aromatic N) is 4. The van der Waals surface area contributed by atoms with Crippen molar-refractivity contribution in [3.63, 3.8) is 0 Å². The third kappa shape index (κ3) is 5.67. The van der Waals surface area contributed by atoms with Crippen LogP contribution in [0.25, 0.3) is 10.9 Å². The molecule has 2 aromatic carbocycles. The molecule has 4 aromatic rings. The number of methoxy groups -OCH3 is 1. The molecule has 37 heavy (non-hydrogen) atoms. The number of likely N-dealkylation sites (tertiary alicyclic amines) is 1. The molecular weight excluding hydrogens is 476 g/mol. The molecule has 0 spiro atoms. The van der Waals surface area contributed by atoms with E-state index in [9.17, 15) is 14.9 Å². The van der Waals surface area contributed by atoms with E-state index in [-0.39, 0.29) is 11.7 Å². The maximum atomic E-state index is 11.7. The predicted octanol–water partition coefficient (Wildman–Crippen LogP) is 4.74. The van der Waals surface area contributed by atoms with Gasteiger partial charge in [-0.1, -0.05) is 0 Å². The van der Waals surface area contributed by atoms with Gasteiger partial charge in [0.15, 0.2) is 0 Å². The van der Waals surface area contributed by atoms with E-state index in [4.69, 9.17) is 9.15 Å². The van der Waals surface area contributed by atoms with E-state index >= 15 is 0 Å². The van der Waals surface area contributed by atoms with Gasteiger partial charge in [-0.2, -0.15) is 4.98 Å². The monoisotopic (exact) mass is 502 g/mol. The van der Waals surface area contributed by atoms with Gasteiger partial charge in [0.2, 0.25) is 5.95 Å². The van der Waals surface area contributed by atoms with Crippen LogP contribution in [0.1, 0.15) is 29.0 Å². The molecule has 0 aliphatic carbocycles. The van der Waals surface area contributed by atoms with Gasteiger partial charge < -0.3 is 19.8 Å². The number of hydrogen-bond donors (Lipinski definition) is 2. The quantitative estimate of drug-likeness (QED) is 0.198. The van der Waals surface area contributed by atoms with Gasteiger partial charge in [0.1, 0.15) is 11.6 Å². The number of nitro benzene ring substituents is 1. The van der Waals surface area contributed by atoms with Crippen molar-refractivity contribution in [2.75, 3.05) is 30.8 Å². The van der Waals surface area contributed by atoms with Gasteiger partial charge >= 0.3 is 5.97 Å². The number of furan rings is 1. The molecule has 0 saturated carbocycles. The summed E-state index contributed by atoms with van der Waals surface area (Å²) in [5.74, 6) is 1.39. The molecule has 1 saturated heterocycles. The number of carbonyl (C=O) groups excluding carboxylic acids is 1. The van der Waals surface area contributed by atoms with E-state index in [0.717, 1.165) is 38.2 Å². The Balaban J connectivity index is 1.36. The van der Waals surface area contributed by atoms with Gasteiger partial charge in [-0.3, -0.25) is 15.0 Å². The molecule has 0 radical (unpaired) electrons. The van der Waals surface area contributed by atoms with Gasteiger partial charge in [0.05, 0.1) is 35.9 Å². The first kappa shape index (κ1) is 24.2. The summed E-state index contributed by atoms with van der Waals surface area (Å²) in [6.45, 7) is 2.61. The van der Waals surface area contributed by atoms with Crippen LogP contribution >= 0.6 is 0 Å². The lowest BCUT2D eigenvalue weighted by atomic mass is 10.1. The first-order valence-corrected chi connectivity index (χ1v) is 11.9. The Labute approximate surface area is 212 Å². The molecule has 3 heterocycles. The average molecular weight is 503 g/mol. The number of hydrogen-bond acceptors (Lipinski definition) is 10. The van der Waals surface area contributed by atoms with E-state index in [1.807, 2.05) is 12.1 Å². The molecule has 1 aliphatic rings. The summed E-state index contributed by atoms with van der Waals surface area (Å²) >= 11 is 0. The highest BCUT2D eigenvalue weighted by Gasteiger charge is 2.21. The smallest absolute Gasteiger partial charge is 0.337 e. The van der Waals surface area contributed by atoms with Crippen molar-refractivity contribution in [2.24, 2.45) is 0 Å². The van der Waals surface area contributed by atoms with Crippen LogP contribution in [0.3, 0.4) is 0 Å². The maximum absolute atomic E-state index is 11.7. The van der Waals surface area contributed by atoms with E-state index in [0.29, 0.717) is 33.9 Å². The van der Waals surface area contributed by atoms with E-state index in [2.05, 4.69) is 25.5 Å². The van der Waals surface area contributed by atoms with Crippen molar-refractivity contribution in [3.8, 4) is 0 Å². The zero-order valence-electron chi connectivity index (χ0n) is 20.2. The number of rotatable bonds is 8. The number of nitrogens with one attached hydrogen (secondary N) is 2. The Morgan fingerprint density at radius 2 is 1.95 bits per heavy atom. The summed E-state index contributed by atoms with van der Waals surface area (Å²) < 4.78 is 10.2. The fraction of sp³-hybridized carbons (Fsp3) is 0.269. The Kier molecular flexibility index (Phi) is 6.95. The number of nitro groups is 1. The minimum atomic E-state index is -0.447. The van der Waals surface area contributed by atoms with E-state index in [1.54, 1.807) is 36.6 Å². The minimum Gasteiger partial charge on any atom is -0.468 e. The Hall–Kier alpha value is -4.51. The third-order valence-corrected chi connectivity index (χ3v) is 6.34. The van der Waals surface area contributed by atoms with Crippen molar-refractivity contribution in [3.05, 3.63) is 82.3 Å². The first-order valence-electron chi connectivity index (χ1n) is 11.9. The topological polar surface area (TPSA) is 136 Å². The van der Waals surface area contributed by atoms with E-state index < -0.39 is 10.9 Å². The number of fused-ring (bicyclic) bond motifs is 1. The van der Waals surface area contributed by atoms with Crippen LogP contribution in [0.4, 0.5) is 23.1 Å². The molecule has 2 N–H and O–H groups in total. The Morgan fingerprint density at radius 1 is 1.16 bits per heavy atom. The van der Waals surface area contributed by atoms with Crippen LogP contribution in [-0.4, -0.2) is 52.0 Å². The number of esters is 1. The SMILES string of the molecule is COC(=O)c1ccc(Nc2nc(NC3CCN(Cc4ccco4)CC3)nc3ccc([N+](=O)[O-])cc23)cc1. The van der Waals surface area contributed by atoms with Gasteiger partial charge in [0, 0.05) is 42.3 Å². The second-order valence-electron chi connectivity index (χ2n) is 8.82. The van der Waals surface area contributed by atoms with Gasteiger partial charge in [-0.15, -0.1) is 0 Å². The molecule has 0 bridgehead atoms. The molecule has 1 aliphatic heterocycles. The Bertz CT molecular complexity index is 1400. The standard InChI is InChI=1S/C26H26N6O5/c1-36-25(33)17-4-6-18(7-5-17)27-24-22-15-20(32(34)35)8-9-23(22)29-26(30-24)28-19-10-12-31(13-11-19)16-21-3-2-14-37-21/h2-9,14-15,19H,10-13,16H2,1H3,(H2,27,28,29,30). The van der Waals surface area contributed by atoms with Crippen LogP contribution in [0.5, 0.6) is 0 Å². The van der Waals surface area contributed by atoms with Crippen LogP contribution in [0.2, 0.25) is 0 Å². The average Bonchev–Trinajstić information content (AvgIpc) is 3.42. The van der Waals surface area contributed by atoms with Crippen LogP contribution < -0.4 is 10.6 Å². The summed E-state index contributed by atoms with van der Waals surface area (Å²) in [6, 6.07) is 15.3. The molecule has 2 aromatic heterocycles. The number of carbonyl (C=O) groups is 1. The Morgan fingerprint density at radius 3 is 2.62 bits per heavy atom. The second kappa shape index (κ2) is 10.6. The van der Waals surface area contributed by atoms with Crippen molar-refractivity contribution in [2.45, 2.75) is 25.4 Å². The highest BCUT2D eigenvalue weighted by atomic mass is 16.6. The lowest BCUT2D eigenvalue weighted by Gasteiger charge is -2.31. The largest absolute Gasteiger partial charge is 0.468 e. The first-order chi connectivity index (χ1) is 18.0. The maximum Gasteiger partial charge on any atom is 0.337 e. The normalized spacial score (nSPS) is 14.4. The van der Waals surface area contributed by atoms with Crippen molar-refractivity contribution < 1.29 is 18.9 Å². The number of ether oxygens (including phenoxy) is 1. The van der Waals surface area contributed by atoms with Gasteiger partial charge in [0.25, 0.3) is 5.69 Å². The molecule has 1 fully saturated rings. The number of anilines is 3. The summed E-state index contributed by atoms with van der Waals surface area (Å²) in [4.78, 5) is 34.3. The van der Waals surface area contributed by atoms with Crippen LogP contribution in [0.15, 0.2) is 65.3 Å². The predicted molar refractivity (Wildman–Crippen MR) is 138 cm³/mol. The lowest BCUT2D eigenvalue weighted by Crippen LogP contribution is -2.38. The summed E-state index contributed by atoms with van der Waals surface area (Å²) in [5, 5.41) is 18.6. The second-order valence-corrected chi connectivity index (χ2v) is 8.82. The zero-order chi connectivity index (χ0) is 25.8. The van der Waals surface area contributed by atoms with Crippen LogP contribution in [0, 0.1) is 10.1 Å².